The number of carbonyl (C=O) groups is 1. The SMILES string of the molecule is O=C(N=C1N=C2C=CC(Br)=CN2Cc2ccccc21)c1ccc(I)cc1. The van der Waals surface area contributed by atoms with Crippen molar-refractivity contribution in [3.8, 4) is 0 Å². The van der Waals surface area contributed by atoms with Crippen molar-refractivity contribution in [2.75, 3.05) is 0 Å². The van der Waals surface area contributed by atoms with E-state index in [1.807, 2.05) is 59.7 Å². The second-order valence-electron chi connectivity index (χ2n) is 5.85. The summed E-state index contributed by atoms with van der Waals surface area (Å²) in [4.78, 5) is 23.7. The van der Waals surface area contributed by atoms with Gasteiger partial charge in [-0.1, -0.05) is 24.3 Å². The molecule has 0 aromatic heterocycles. The topological polar surface area (TPSA) is 45.0 Å². The molecule has 0 bridgehead atoms. The molecule has 0 aliphatic carbocycles. The zero-order valence-corrected chi connectivity index (χ0v) is 17.3. The van der Waals surface area contributed by atoms with E-state index in [2.05, 4.69) is 48.5 Å². The van der Waals surface area contributed by atoms with Gasteiger partial charge in [-0.05, 0) is 80.5 Å². The van der Waals surface area contributed by atoms with Crippen LogP contribution in [0.2, 0.25) is 0 Å². The number of hydrogen-bond donors (Lipinski definition) is 0. The predicted molar refractivity (Wildman–Crippen MR) is 116 cm³/mol. The van der Waals surface area contributed by atoms with Gasteiger partial charge in [0.05, 0.1) is 0 Å². The number of benzene rings is 2. The Morgan fingerprint density at radius 2 is 1.88 bits per heavy atom. The van der Waals surface area contributed by atoms with E-state index in [-0.39, 0.29) is 5.91 Å². The van der Waals surface area contributed by atoms with Gasteiger partial charge in [0.2, 0.25) is 0 Å². The van der Waals surface area contributed by atoms with Crippen LogP contribution in [0.3, 0.4) is 0 Å². The van der Waals surface area contributed by atoms with E-state index in [0.717, 1.165) is 25.0 Å². The average molecular weight is 518 g/mol. The summed E-state index contributed by atoms with van der Waals surface area (Å²) in [5.74, 6) is 0.914. The third kappa shape index (κ3) is 3.57. The van der Waals surface area contributed by atoms with Crippen molar-refractivity contribution in [1.82, 2.24) is 4.90 Å². The summed E-state index contributed by atoms with van der Waals surface area (Å²) in [7, 11) is 0. The van der Waals surface area contributed by atoms with Crippen molar-refractivity contribution in [3.05, 3.63) is 91.6 Å². The Morgan fingerprint density at radius 1 is 1.12 bits per heavy atom. The normalized spacial score (nSPS) is 17.2. The molecule has 128 valence electrons. The molecule has 0 atom stereocenters. The van der Waals surface area contributed by atoms with Gasteiger partial charge in [-0.15, -0.1) is 0 Å². The van der Waals surface area contributed by atoms with Crippen molar-refractivity contribution >= 4 is 56.1 Å². The number of amides is 1. The van der Waals surface area contributed by atoms with Crippen LogP contribution in [-0.4, -0.2) is 22.5 Å². The molecule has 0 unspecified atom stereocenters. The van der Waals surface area contributed by atoms with Crippen LogP contribution >= 0.6 is 38.5 Å². The van der Waals surface area contributed by atoms with E-state index in [0.29, 0.717) is 17.9 Å². The second kappa shape index (κ2) is 7.28. The Kier molecular flexibility index (Phi) is 4.86. The Hall–Kier alpha value is -2.06. The molecule has 4 rings (SSSR count). The molecule has 2 aromatic rings. The van der Waals surface area contributed by atoms with Gasteiger partial charge in [-0.3, -0.25) is 4.79 Å². The first-order valence-corrected chi connectivity index (χ1v) is 9.85. The highest BCUT2D eigenvalue weighted by Crippen LogP contribution is 2.24. The van der Waals surface area contributed by atoms with E-state index >= 15 is 0 Å². The van der Waals surface area contributed by atoms with Gasteiger partial charge in [-0.25, -0.2) is 4.99 Å². The Bertz CT molecular complexity index is 1010. The maximum Gasteiger partial charge on any atom is 0.279 e. The Labute approximate surface area is 173 Å². The molecule has 4 nitrogen and oxygen atoms in total. The molecular formula is C20H13BrIN3O. The molecule has 2 aliphatic rings. The highest BCUT2D eigenvalue weighted by atomic mass is 127. The van der Waals surface area contributed by atoms with Crippen LogP contribution < -0.4 is 0 Å². The molecule has 26 heavy (non-hydrogen) atoms. The molecule has 0 spiro atoms. The highest BCUT2D eigenvalue weighted by Gasteiger charge is 2.21. The second-order valence-corrected chi connectivity index (χ2v) is 8.01. The van der Waals surface area contributed by atoms with Crippen molar-refractivity contribution in [2.24, 2.45) is 9.98 Å². The minimum absolute atomic E-state index is 0.291. The Balaban J connectivity index is 1.80. The molecule has 0 saturated carbocycles. The van der Waals surface area contributed by atoms with Crippen molar-refractivity contribution in [2.45, 2.75) is 6.54 Å². The maximum absolute atomic E-state index is 12.6. The Morgan fingerprint density at radius 3 is 2.69 bits per heavy atom. The van der Waals surface area contributed by atoms with E-state index in [9.17, 15) is 4.79 Å². The molecule has 0 saturated heterocycles. The first-order chi connectivity index (χ1) is 12.6. The van der Waals surface area contributed by atoms with Crippen LogP contribution in [0.15, 0.2) is 81.4 Å². The van der Waals surface area contributed by atoms with Gasteiger partial charge < -0.3 is 4.90 Å². The lowest BCUT2D eigenvalue weighted by atomic mass is 10.1. The summed E-state index contributed by atoms with van der Waals surface area (Å²) in [5.41, 5.74) is 2.51. The smallest absolute Gasteiger partial charge is 0.279 e. The summed E-state index contributed by atoms with van der Waals surface area (Å²) in [5, 5.41) is 0. The number of rotatable bonds is 1. The largest absolute Gasteiger partial charge is 0.327 e. The van der Waals surface area contributed by atoms with Gasteiger partial charge in [0.1, 0.15) is 5.84 Å². The van der Waals surface area contributed by atoms with Crippen LogP contribution in [0, 0.1) is 3.57 Å². The number of amidine groups is 2. The fourth-order valence-electron chi connectivity index (χ4n) is 2.80. The molecule has 2 aliphatic heterocycles. The third-order valence-electron chi connectivity index (χ3n) is 4.08. The molecule has 2 heterocycles. The van der Waals surface area contributed by atoms with E-state index in [1.54, 1.807) is 12.1 Å². The average Bonchev–Trinajstić information content (AvgIpc) is 2.78. The van der Waals surface area contributed by atoms with Crippen LogP contribution in [0.1, 0.15) is 21.5 Å². The molecular weight excluding hydrogens is 505 g/mol. The fourth-order valence-corrected chi connectivity index (χ4v) is 3.54. The number of aliphatic imine (C=N–C) groups is 2. The summed E-state index contributed by atoms with van der Waals surface area (Å²) >= 11 is 5.71. The third-order valence-corrected chi connectivity index (χ3v) is 5.27. The number of halogens is 2. The molecule has 6 heteroatoms. The highest BCUT2D eigenvalue weighted by molar-refractivity contribution is 14.1. The quantitative estimate of drug-likeness (QED) is 0.505. The molecule has 2 aromatic carbocycles. The van der Waals surface area contributed by atoms with E-state index in [1.165, 1.54) is 0 Å². The minimum Gasteiger partial charge on any atom is -0.327 e. The lowest BCUT2D eigenvalue weighted by molar-refractivity contribution is 0.100. The van der Waals surface area contributed by atoms with Gasteiger partial charge in [0.15, 0.2) is 5.84 Å². The van der Waals surface area contributed by atoms with Gasteiger partial charge in [0, 0.05) is 31.9 Å². The number of nitrogens with zero attached hydrogens (tertiary/aromatic N) is 3. The van der Waals surface area contributed by atoms with Gasteiger partial charge >= 0.3 is 0 Å². The number of hydrogen-bond acceptors (Lipinski definition) is 2. The zero-order valence-electron chi connectivity index (χ0n) is 13.6. The fraction of sp³-hybridized carbons (Fsp3) is 0.0500. The van der Waals surface area contributed by atoms with E-state index < -0.39 is 0 Å². The number of fused-ring (bicyclic) bond motifs is 2. The summed E-state index contributed by atoms with van der Waals surface area (Å²) in [6.45, 7) is 0.672. The molecule has 0 radical (unpaired) electrons. The predicted octanol–water partition coefficient (Wildman–Crippen LogP) is 4.90. The van der Waals surface area contributed by atoms with Gasteiger partial charge in [0.25, 0.3) is 5.91 Å². The lowest BCUT2D eigenvalue weighted by Crippen LogP contribution is -2.24. The van der Waals surface area contributed by atoms with Crippen LogP contribution in [0.4, 0.5) is 0 Å². The van der Waals surface area contributed by atoms with Crippen LogP contribution in [0.5, 0.6) is 0 Å². The number of allylic oxidation sites excluding steroid dienone is 2. The van der Waals surface area contributed by atoms with Gasteiger partial charge in [-0.2, -0.15) is 4.99 Å². The van der Waals surface area contributed by atoms with Crippen LogP contribution in [0.25, 0.3) is 0 Å². The van der Waals surface area contributed by atoms with Crippen molar-refractivity contribution < 1.29 is 4.79 Å². The standard InChI is InChI=1S/C20H13BrIN3O/c21-15-7-10-18-23-19(24-20(26)13-5-8-16(22)9-6-13)17-4-2-1-3-14(17)11-25(18)12-15/h1-10,12H,11H2. The zero-order chi connectivity index (χ0) is 18.1. The van der Waals surface area contributed by atoms with Crippen molar-refractivity contribution in [1.29, 1.82) is 0 Å². The summed E-state index contributed by atoms with van der Waals surface area (Å²) < 4.78 is 2.05. The van der Waals surface area contributed by atoms with E-state index in [4.69, 9.17) is 0 Å². The monoisotopic (exact) mass is 517 g/mol. The molecule has 1 amide bonds. The summed E-state index contributed by atoms with van der Waals surface area (Å²) in [6, 6.07) is 15.3. The molecule has 0 N–H and O–H groups in total. The number of carbonyl (C=O) groups excluding carboxylic acids is 1. The van der Waals surface area contributed by atoms with Crippen LogP contribution in [-0.2, 0) is 6.54 Å². The lowest BCUT2D eigenvalue weighted by Gasteiger charge is -2.21. The maximum atomic E-state index is 12.6. The van der Waals surface area contributed by atoms with Crippen molar-refractivity contribution in [3.63, 3.8) is 0 Å². The first-order valence-electron chi connectivity index (χ1n) is 7.98. The summed E-state index contributed by atoms with van der Waals surface area (Å²) in [6.07, 6.45) is 5.84. The molecule has 0 fully saturated rings. The first kappa shape index (κ1) is 17.4. The minimum atomic E-state index is -0.291.